The molecular formula is C14H20N2S. The highest BCUT2D eigenvalue weighted by Crippen LogP contribution is 2.24. The predicted molar refractivity (Wildman–Crippen MR) is 75.3 cm³/mol. The van der Waals surface area contributed by atoms with Crippen molar-refractivity contribution in [1.82, 2.24) is 0 Å². The average Bonchev–Trinajstić information content (AvgIpc) is 2.34. The molecule has 0 aliphatic heterocycles. The van der Waals surface area contributed by atoms with Gasteiger partial charge in [-0.2, -0.15) is 5.26 Å². The maximum absolute atomic E-state index is 8.61. The zero-order valence-electron chi connectivity index (χ0n) is 10.8. The molecule has 92 valence electrons. The molecule has 1 aromatic rings. The number of thioether (sulfide) groups is 1. The number of nitrogens with zero attached hydrogens (tertiary/aromatic N) is 1. The summed E-state index contributed by atoms with van der Waals surface area (Å²) in [6, 6.07) is 10.6. The van der Waals surface area contributed by atoms with Gasteiger partial charge in [-0.25, -0.2) is 0 Å². The first-order valence-corrected chi connectivity index (χ1v) is 7.05. The van der Waals surface area contributed by atoms with Crippen LogP contribution in [-0.2, 0) is 0 Å². The predicted octanol–water partition coefficient (Wildman–Crippen LogP) is 4.15. The highest BCUT2D eigenvalue weighted by Gasteiger charge is 2.16. The number of benzene rings is 1. The van der Waals surface area contributed by atoms with Gasteiger partial charge in [-0.15, -0.1) is 11.8 Å². The Balaban J connectivity index is 2.52. The highest BCUT2D eigenvalue weighted by atomic mass is 32.2. The lowest BCUT2D eigenvalue weighted by Gasteiger charge is -2.24. The first-order valence-electron chi connectivity index (χ1n) is 5.82. The van der Waals surface area contributed by atoms with Gasteiger partial charge in [0, 0.05) is 23.5 Å². The third-order valence-electron chi connectivity index (χ3n) is 2.75. The summed E-state index contributed by atoms with van der Waals surface area (Å²) in [7, 11) is 0. The van der Waals surface area contributed by atoms with Gasteiger partial charge in [-0.05, 0) is 36.3 Å². The molecule has 0 bridgehead atoms. The molecule has 0 aromatic heterocycles. The van der Waals surface area contributed by atoms with E-state index < -0.39 is 0 Å². The Bertz CT molecular complexity index is 393. The lowest BCUT2D eigenvalue weighted by Crippen LogP contribution is -2.22. The molecule has 0 aliphatic rings. The van der Waals surface area contributed by atoms with E-state index in [1.54, 1.807) is 11.8 Å². The third-order valence-corrected chi connectivity index (χ3v) is 3.48. The van der Waals surface area contributed by atoms with Gasteiger partial charge >= 0.3 is 0 Å². The minimum Gasteiger partial charge on any atom is -0.384 e. The van der Waals surface area contributed by atoms with E-state index in [0.717, 1.165) is 18.7 Å². The second-order valence-corrected chi connectivity index (χ2v) is 5.79. The van der Waals surface area contributed by atoms with Gasteiger partial charge in [0.1, 0.15) is 0 Å². The van der Waals surface area contributed by atoms with Gasteiger partial charge in [-0.1, -0.05) is 19.9 Å². The van der Waals surface area contributed by atoms with Crippen LogP contribution in [0.15, 0.2) is 29.2 Å². The molecular weight excluding hydrogens is 228 g/mol. The molecule has 0 amide bonds. The summed E-state index contributed by atoms with van der Waals surface area (Å²) < 4.78 is 0. The summed E-state index contributed by atoms with van der Waals surface area (Å²) in [6.07, 6.45) is 3.63. The zero-order chi connectivity index (χ0) is 12.7. The Morgan fingerprint density at radius 1 is 1.41 bits per heavy atom. The van der Waals surface area contributed by atoms with Gasteiger partial charge in [0.25, 0.3) is 0 Å². The second kappa shape index (κ2) is 6.56. The molecule has 0 fully saturated rings. The Kier molecular flexibility index (Phi) is 5.37. The molecule has 0 saturated heterocycles. The molecule has 17 heavy (non-hydrogen) atoms. The SMILES string of the molecule is CSc1cccc(NCC(C)(C)CCC#N)c1. The molecule has 0 atom stereocenters. The van der Waals surface area contributed by atoms with E-state index in [0.29, 0.717) is 6.42 Å². The van der Waals surface area contributed by atoms with Crippen LogP contribution in [0.3, 0.4) is 0 Å². The molecule has 1 aromatic carbocycles. The number of hydrogen-bond donors (Lipinski definition) is 1. The third kappa shape index (κ3) is 5.14. The fourth-order valence-electron chi connectivity index (χ4n) is 1.56. The van der Waals surface area contributed by atoms with Crippen molar-refractivity contribution >= 4 is 17.4 Å². The van der Waals surface area contributed by atoms with Crippen molar-refractivity contribution in [3.8, 4) is 6.07 Å². The van der Waals surface area contributed by atoms with Gasteiger partial charge in [-0.3, -0.25) is 0 Å². The molecule has 3 heteroatoms. The first-order chi connectivity index (χ1) is 8.07. The Hall–Kier alpha value is -1.14. The van der Waals surface area contributed by atoms with Crippen LogP contribution in [0.25, 0.3) is 0 Å². The van der Waals surface area contributed by atoms with Crippen LogP contribution in [0.2, 0.25) is 0 Å². The van der Waals surface area contributed by atoms with E-state index >= 15 is 0 Å². The molecule has 0 aliphatic carbocycles. The minimum absolute atomic E-state index is 0.158. The van der Waals surface area contributed by atoms with E-state index in [4.69, 9.17) is 5.26 Å². The topological polar surface area (TPSA) is 35.8 Å². The summed E-state index contributed by atoms with van der Waals surface area (Å²) in [5.41, 5.74) is 1.31. The summed E-state index contributed by atoms with van der Waals surface area (Å²) in [6.45, 7) is 5.28. The Labute approximate surface area is 108 Å². The van der Waals surface area contributed by atoms with Crippen molar-refractivity contribution in [2.24, 2.45) is 5.41 Å². The number of nitriles is 1. The van der Waals surface area contributed by atoms with Gasteiger partial charge in [0.15, 0.2) is 0 Å². The van der Waals surface area contributed by atoms with Crippen LogP contribution in [0.4, 0.5) is 5.69 Å². The smallest absolute Gasteiger partial charge is 0.0621 e. The molecule has 1 rings (SSSR count). The normalized spacial score (nSPS) is 10.9. The van der Waals surface area contributed by atoms with Crippen molar-refractivity contribution in [1.29, 1.82) is 5.26 Å². The van der Waals surface area contributed by atoms with Crippen molar-refractivity contribution in [3.63, 3.8) is 0 Å². The number of hydrogen-bond acceptors (Lipinski definition) is 3. The molecule has 0 unspecified atom stereocenters. The number of rotatable bonds is 6. The lowest BCUT2D eigenvalue weighted by atomic mass is 9.88. The van der Waals surface area contributed by atoms with Crippen LogP contribution < -0.4 is 5.32 Å². The lowest BCUT2D eigenvalue weighted by molar-refractivity contribution is 0.364. The summed E-state index contributed by atoms with van der Waals surface area (Å²) in [5.74, 6) is 0. The molecule has 0 saturated carbocycles. The minimum atomic E-state index is 0.158. The molecule has 0 radical (unpaired) electrons. The quantitative estimate of drug-likeness (QED) is 0.768. The van der Waals surface area contributed by atoms with E-state index in [-0.39, 0.29) is 5.41 Å². The molecule has 1 N–H and O–H groups in total. The Morgan fingerprint density at radius 2 is 2.18 bits per heavy atom. The first kappa shape index (κ1) is 13.9. The average molecular weight is 248 g/mol. The number of nitrogens with one attached hydrogen (secondary N) is 1. The van der Waals surface area contributed by atoms with Crippen LogP contribution in [0.5, 0.6) is 0 Å². The standard InChI is InChI=1S/C14H20N2S/c1-14(2,8-5-9-15)11-16-12-6-4-7-13(10-12)17-3/h4,6-7,10,16H,5,8,11H2,1-3H3. The molecule has 0 spiro atoms. The monoisotopic (exact) mass is 248 g/mol. The summed E-state index contributed by atoms with van der Waals surface area (Å²) >= 11 is 1.75. The molecule has 2 nitrogen and oxygen atoms in total. The van der Waals surface area contributed by atoms with Gasteiger partial charge in [0.05, 0.1) is 6.07 Å². The maximum Gasteiger partial charge on any atom is 0.0621 e. The fourth-order valence-corrected chi connectivity index (χ4v) is 2.02. The summed E-state index contributed by atoms with van der Waals surface area (Å²) in [5, 5.41) is 12.1. The van der Waals surface area contributed by atoms with E-state index in [1.165, 1.54) is 4.90 Å². The van der Waals surface area contributed by atoms with Crippen molar-refractivity contribution in [2.75, 3.05) is 18.1 Å². The van der Waals surface area contributed by atoms with E-state index in [1.807, 2.05) is 0 Å². The van der Waals surface area contributed by atoms with Crippen molar-refractivity contribution in [2.45, 2.75) is 31.6 Å². The summed E-state index contributed by atoms with van der Waals surface area (Å²) in [4.78, 5) is 1.27. The number of anilines is 1. The van der Waals surface area contributed by atoms with Crippen LogP contribution in [-0.4, -0.2) is 12.8 Å². The Morgan fingerprint density at radius 3 is 2.82 bits per heavy atom. The van der Waals surface area contributed by atoms with Crippen LogP contribution in [0, 0.1) is 16.7 Å². The maximum atomic E-state index is 8.61. The van der Waals surface area contributed by atoms with Gasteiger partial charge in [0.2, 0.25) is 0 Å². The fraction of sp³-hybridized carbons (Fsp3) is 0.500. The second-order valence-electron chi connectivity index (χ2n) is 4.91. The van der Waals surface area contributed by atoms with Crippen molar-refractivity contribution in [3.05, 3.63) is 24.3 Å². The zero-order valence-corrected chi connectivity index (χ0v) is 11.6. The van der Waals surface area contributed by atoms with E-state index in [2.05, 4.69) is 55.8 Å². The van der Waals surface area contributed by atoms with Crippen LogP contribution in [0.1, 0.15) is 26.7 Å². The largest absolute Gasteiger partial charge is 0.384 e. The van der Waals surface area contributed by atoms with Gasteiger partial charge < -0.3 is 5.32 Å². The molecule has 0 heterocycles. The highest BCUT2D eigenvalue weighted by molar-refractivity contribution is 7.98. The van der Waals surface area contributed by atoms with Crippen molar-refractivity contribution < 1.29 is 0 Å². The van der Waals surface area contributed by atoms with E-state index in [9.17, 15) is 0 Å². The van der Waals surface area contributed by atoms with Crippen LogP contribution >= 0.6 is 11.8 Å².